The number of pyridine rings is 1. The summed E-state index contributed by atoms with van der Waals surface area (Å²) in [6, 6.07) is 17.5. The number of carbonyl (C=O) groups excluding carboxylic acids is 1. The molecule has 4 aromatic rings. The van der Waals surface area contributed by atoms with Crippen molar-refractivity contribution in [1.82, 2.24) is 14.5 Å². The Kier molecular flexibility index (Phi) is 5.45. The van der Waals surface area contributed by atoms with E-state index >= 15 is 0 Å². The molecular formula is C24H18N4O3. The van der Waals surface area contributed by atoms with Crippen LogP contribution in [0, 0.1) is 11.8 Å². The first kappa shape index (κ1) is 19.9. The van der Waals surface area contributed by atoms with Gasteiger partial charge in [0.25, 0.3) is 5.91 Å². The molecule has 2 heterocycles. The van der Waals surface area contributed by atoms with E-state index in [4.69, 9.17) is 0 Å². The molecule has 0 radical (unpaired) electrons. The number of hydrogen-bond donors (Lipinski definition) is 2. The summed E-state index contributed by atoms with van der Waals surface area (Å²) >= 11 is 0. The molecular weight excluding hydrogens is 392 g/mol. The minimum absolute atomic E-state index is 0.341. The van der Waals surface area contributed by atoms with Gasteiger partial charge in [0.05, 0.1) is 11.0 Å². The molecule has 2 aromatic heterocycles. The van der Waals surface area contributed by atoms with E-state index in [1.54, 1.807) is 49.5 Å². The third-order valence-corrected chi connectivity index (χ3v) is 4.67. The van der Waals surface area contributed by atoms with E-state index in [1.807, 2.05) is 24.3 Å². The molecule has 7 heteroatoms. The number of nitrogens with zero attached hydrogens (tertiary/aromatic N) is 2. The van der Waals surface area contributed by atoms with E-state index in [9.17, 15) is 14.4 Å². The van der Waals surface area contributed by atoms with Gasteiger partial charge in [-0.15, -0.1) is 0 Å². The van der Waals surface area contributed by atoms with Crippen LogP contribution in [0.15, 0.2) is 76.4 Å². The number of aromatic amines is 1. The predicted octanol–water partition coefficient (Wildman–Crippen LogP) is 2.76. The number of nitrogens with one attached hydrogen (secondary N) is 2. The lowest BCUT2D eigenvalue weighted by atomic mass is 10.1. The van der Waals surface area contributed by atoms with Crippen LogP contribution in [0.5, 0.6) is 0 Å². The van der Waals surface area contributed by atoms with Gasteiger partial charge in [0.1, 0.15) is 5.69 Å². The molecule has 0 aliphatic rings. The van der Waals surface area contributed by atoms with Crippen LogP contribution in [0.3, 0.4) is 0 Å². The summed E-state index contributed by atoms with van der Waals surface area (Å²) in [5.74, 6) is 5.66. The zero-order valence-electron chi connectivity index (χ0n) is 16.7. The molecule has 0 aliphatic carbocycles. The molecule has 0 unspecified atom stereocenters. The average Bonchev–Trinajstić information content (AvgIpc) is 2.79. The molecule has 0 saturated carbocycles. The van der Waals surface area contributed by atoms with Crippen molar-refractivity contribution in [3.63, 3.8) is 0 Å². The van der Waals surface area contributed by atoms with Gasteiger partial charge in [0.15, 0.2) is 0 Å². The van der Waals surface area contributed by atoms with Gasteiger partial charge in [-0.3, -0.25) is 14.4 Å². The van der Waals surface area contributed by atoms with E-state index in [0.29, 0.717) is 34.5 Å². The van der Waals surface area contributed by atoms with Crippen molar-refractivity contribution < 1.29 is 4.79 Å². The molecule has 0 saturated heterocycles. The Balaban J connectivity index is 1.59. The van der Waals surface area contributed by atoms with E-state index in [-0.39, 0.29) is 5.91 Å². The van der Waals surface area contributed by atoms with Gasteiger partial charge < -0.3 is 14.9 Å². The number of hydrogen-bond acceptors (Lipinski definition) is 4. The lowest BCUT2D eigenvalue weighted by molar-refractivity contribution is 0.102. The molecule has 152 valence electrons. The molecule has 0 bridgehead atoms. The molecule has 0 fully saturated rings. The Morgan fingerprint density at radius 2 is 1.94 bits per heavy atom. The Labute approximate surface area is 177 Å². The van der Waals surface area contributed by atoms with Gasteiger partial charge in [-0.2, -0.15) is 0 Å². The van der Waals surface area contributed by atoms with Crippen molar-refractivity contribution in [3.8, 4) is 11.8 Å². The van der Waals surface area contributed by atoms with Crippen LogP contribution in [0.1, 0.15) is 28.5 Å². The Morgan fingerprint density at radius 3 is 2.71 bits per heavy atom. The summed E-state index contributed by atoms with van der Waals surface area (Å²) in [5, 5.41) is 2.83. The van der Waals surface area contributed by atoms with Crippen LogP contribution in [-0.4, -0.2) is 20.4 Å². The van der Waals surface area contributed by atoms with Crippen molar-refractivity contribution >= 4 is 22.6 Å². The molecule has 2 aromatic carbocycles. The first-order valence-corrected chi connectivity index (χ1v) is 9.66. The third-order valence-electron chi connectivity index (χ3n) is 4.67. The summed E-state index contributed by atoms with van der Waals surface area (Å²) < 4.78 is 1.37. The van der Waals surface area contributed by atoms with Crippen LogP contribution in [-0.2, 0) is 6.54 Å². The zero-order chi connectivity index (χ0) is 21.8. The van der Waals surface area contributed by atoms with Gasteiger partial charge in [0.2, 0.25) is 0 Å². The zero-order valence-corrected chi connectivity index (χ0v) is 16.7. The molecule has 1 amide bonds. The van der Waals surface area contributed by atoms with Gasteiger partial charge in [-0.25, -0.2) is 4.98 Å². The fourth-order valence-electron chi connectivity index (χ4n) is 3.19. The second-order valence-corrected chi connectivity index (χ2v) is 6.74. The monoisotopic (exact) mass is 410 g/mol. The number of amides is 1. The fraction of sp³-hybridized carbons (Fsp3) is 0.0833. The van der Waals surface area contributed by atoms with Crippen LogP contribution >= 0.6 is 0 Å². The fourth-order valence-corrected chi connectivity index (χ4v) is 3.19. The van der Waals surface area contributed by atoms with Gasteiger partial charge >= 0.3 is 11.1 Å². The van der Waals surface area contributed by atoms with Crippen molar-refractivity contribution in [3.05, 3.63) is 104 Å². The molecule has 2 N–H and O–H groups in total. The molecule has 0 atom stereocenters. The Bertz CT molecular complexity index is 1460. The minimum Gasteiger partial charge on any atom is -0.322 e. The maximum absolute atomic E-state index is 12.7. The number of H-pyrrole nitrogens is 1. The van der Waals surface area contributed by atoms with E-state index < -0.39 is 11.1 Å². The lowest BCUT2D eigenvalue weighted by Gasteiger charge is -2.09. The molecule has 7 nitrogen and oxygen atoms in total. The Morgan fingerprint density at radius 1 is 1.06 bits per heavy atom. The van der Waals surface area contributed by atoms with Crippen molar-refractivity contribution in [1.29, 1.82) is 0 Å². The maximum atomic E-state index is 12.7. The highest BCUT2D eigenvalue weighted by atomic mass is 16.2. The average molecular weight is 410 g/mol. The van der Waals surface area contributed by atoms with Crippen LogP contribution in [0.25, 0.3) is 11.0 Å². The number of fused-ring (bicyclic) bond motifs is 1. The number of aromatic nitrogens is 3. The highest BCUT2D eigenvalue weighted by Crippen LogP contribution is 2.15. The quantitative estimate of drug-likeness (QED) is 0.401. The number of anilines is 1. The standard InChI is InChI=1S/C24H18N4O3/c1-2-28-21-12-10-17(15-20(21)27-23(30)24(28)31)22(29)26-19-8-5-6-16(14-19)9-11-18-7-3-4-13-25-18/h3-8,10,12-15H,2H2,1H3,(H,26,29)(H,27,30). The first-order valence-electron chi connectivity index (χ1n) is 9.66. The van der Waals surface area contributed by atoms with E-state index in [2.05, 4.69) is 27.1 Å². The van der Waals surface area contributed by atoms with Crippen LogP contribution in [0.4, 0.5) is 5.69 Å². The van der Waals surface area contributed by atoms with Gasteiger partial charge in [0, 0.05) is 29.6 Å². The molecule has 31 heavy (non-hydrogen) atoms. The van der Waals surface area contributed by atoms with Gasteiger partial charge in [-0.1, -0.05) is 18.1 Å². The first-order chi connectivity index (χ1) is 15.0. The second-order valence-electron chi connectivity index (χ2n) is 6.74. The highest BCUT2D eigenvalue weighted by Gasteiger charge is 2.11. The minimum atomic E-state index is -0.717. The van der Waals surface area contributed by atoms with Crippen molar-refractivity contribution in [2.24, 2.45) is 0 Å². The van der Waals surface area contributed by atoms with Crippen molar-refractivity contribution in [2.75, 3.05) is 5.32 Å². The number of carbonyl (C=O) groups is 1. The number of aryl methyl sites for hydroxylation is 1. The summed E-state index contributed by atoms with van der Waals surface area (Å²) in [5.41, 5.74) is 2.00. The highest BCUT2D eigenvalue weighted by molar-refractivity contribution is 6.06. The smallest absolute Gasteiger partial charge is 0.316 e. The number of rotatable bonds is 3. The van der Waals surface area contributed by atoms with E-state index in [0.717, 1.165) is 5.56 Å². The summed E-state index contributed by atoms with van der Waals surface area (Å²) in [6.07, 6.45) is 1.68. The van der Waals surface area contributed by atoms with Gasteiger partial charge in [-0.05, 0) is 61.4 Å². The topological polar surface area (TPSA) is 96.9 Å². The van der Waals surface area contributed by atoms with Crippen LogP contribution < -0.4 is 16.4 Å². The Hall–Kier alpha value is -4.44. The molecule has 0 spiro atoms. The lowest BCUT2D eigenvalue weighted by Crippen LogP contribution is -2.36. The normalized spacial score (nSPS) is 10.4. The number of benzene rings is 2. The second kappa shape index (κ2) is 8.51. The maximum Gasteiger partial charge on any atom is 0.316 e. The summed E-state index contributed by atoms with van der Waals surface area (Å²) in [6.45, 7) is 2.14. The van der Waals surface area contributed by atoms with Crippen molar-refractivity contribution in [2.45, 2.75) is 13.5 Å². The SMILES string of the molecule is CCn1c(=O)c(=O)[nH]c2cc(C(=O)Nc3cccc(C#Cc4ccccn4)c3)ccc21. The van der Waals surface area contributed by atoms with Crippen LogP contribution in [0.2, 0.25) is 0 Å². The summed E-state index contributed by atoms with van der Waals surface area (Å²) in [7, 11) is 0. The molecule has 4 rings (SSSR count). The third kappa shape index (κ3) is 4.28. The predicted molar refractivity (Wildman–Crippen MR) is 119 cm³/mol. The summed E-state index contributed by atoms with van der Waals surface area (Å²) in [4.78, 5) is 43.3. The van der Waals surface area contributed by atoms with E-state index in [1.165, 1.54) is 4.57 Å². The largest absolute Gasteiger partial charge is 0.322 e. The molecule has 0 aliphatic heterocycles.